The molecule has 2 aliphatic rings. The number of carbonyl (C=O) groups is 1. The van der Waals surface area contributed by atoms with E-state index in [0.29, 0.717) is 11.7 Å². The quantitative estimate of drug-likeness (QED) is 0.777. The zero-order chi connectivity index (χ0) is 15.7. The van der Waals surface area contributed by atoms with Crippen molar-refractivity contribution in [3.8, 4) is 0 Å². The molecule has 0 saturated heterocycles. The Kier molecular flexibility index (Phi) is 4.44. The molecule has 1 aromatic heterocycles. The third-order valence-corrected chi connectivity index (χ3v) is 5.41. The standard InChI is InChI=1S/C15H18N4OS2/c1-3-11-10(2)22-13-12(11)14(20)19(15(21)17-13)7-4-6-18-8-5-16-9-18/h5,8-9,12H,3-4,6-7H2,1-2H3. The van der Waals surface area contributed by atoms with Crippen LogP contribution in [0.15, 0.2) is 34.2 Å². The summed E-state index contributed by atoms with van der Waals surface area (Å²) < 4.78 is 2.00. The van der Waals surface area contributed by atoms with Gasteiger partial charge in [0.05, 0.1) is 11.4 Å². The first-order chi connectivity index (χ1) is 10.6. The number of aromatic nitrogens is 2. The average Bonchev–Trinajstić information content (AvgIpc) is 3.09. The van der Waals surface area contributed by atoms with Crippen LogP contribution in [0.3, 0.4) is 0 Å². The van der Waals surface area contributed by atoms with Gasteiger partial charge in [-0.15, -0.1) is 0 Å². The van der Waals surface area contributed by atoms with Crippen molar-refractivity contribution < 1.29 is 4.79 Å². The largest absolute Gasteiger partial charge is 0.337 e. The van der Waals surface area contributed by atoms with Crippen LogP contribution in [0.1, 0.15) is 26.7 Å². The van der Waals surface area contributed by atoms with Crippen molar-refractivity contribution in [3.63, 3.8) is 0 Å². The van der Waals surface area contributed by atoms with Crippen LogP contribution in [-0.2, 0) is 11.3 Å². The Bertz CT molecular complexity index is 663. The number of rotatable bonds is 5. The maximum atomic E-state index is 12.8. The van der Waals surface area contributed by atoms with Gasteiger partial charge in [-0.2, -0.15) is 0 Å². The summed E-state index contributed by atoms with van der Waals surface area (Å²) in [6.07, 6.45) is 7.16. The maximum Gasteiger partial charge on any atom is 0.242 e. The number of hydrogen-bond donors (Lipinski definition) is 0. The van der Waals surface area contributed by atoms with Crippen molar-refractivity contribution in [2.45, 2.75) is 33.2 Å². The lowest BCUT2D eigenvalue weighted by Crippen LogP contribution is -2.45. The molecule has 0 bridgehead atoms. The van der Waals surface area contributed by atoms with Gasteiger partial charge in [0.25, 0.3) is 0 Å². The van der Waals surface area contributed by atoms with Crippen molar-refractivity contribution in [2.24, 2.45) is 10.9 Å². The lowest BCUT2D eigenvalue weighted by Gasteiger charge is -2.29. The Labute approximate surface area is 139 Å². The van der Waals surface area contributed by atoms with E-state index < -0.39 is 0 Å². The monoisotopic (exact) mass is 334 g/mol. The second-order valence-electron chi connectivity index (χ2n) is 5.35. The minimum atomic E-state index is -0.199. The molecule has 0 radical (unpaired) electrons. The Morgan fingerprint density at radius 3 is 2.91 bits per heavy atom. The van der Waals surface area contributed by atoms with Gasteiger partial charge in [0, 0.05) is 25.5 Å². The number of hydrogen-bond acceptors (Lipinski definition) is 4. The van der Waals surface area contributed by atoms with Crippen LogP contribution >= 0.6 is 24.0 Å². The van der Waals surface area contributed by atoms with Crippen LogP contribution in [0, 0.1) is 5.92 Å². The van der Waals surface area contributed by atoms with E-state index in [2.05, 4.69) is 23.8 Å². The van der Waals surface area contributed by atoms with Gasteiger partial charge in [0.1, 0.15) is 5.92 Å². The topological polar surface area (TPSA) is 50.5 Å². The van der Waals surface area contributed by atoms with E-state index in [1.54, 1.807) is 29.2 Å². The predicted molar refractivity (Wildman–Crippen MR) is 92.7 cm³/mol. The highest BCUT2D eigenvalue weighted by molar-refractivity contribution is 8.17. The number of aliphatic imine (C=N–C) groups is 1. The number of fused-ring (bicyclic) bond motifs is 1. The molecule has 0 saturated carbocycles. The maximum absolute atomic E-state index is 12.8. The van der Waals surface area contributed by atoms with Crippen molar-refractivity contribution in [1.29, 1.82) is 0 Å². The Morgan fingerprint density at radius 1 is 1.41 bits per heavy atom. The van der Waals surface area contributed by atoms with Gasteiger partial charge in [-0.05, 0) is 42.5 Å². The number of carbonyl (C=O) groups excluding carboxylic acids is 1. The van der Waals surface area contributed by atoms with Gasteiger partial charge in [-0.3, -0.25) is 9.69 Å². The van der Waals surface area contributed by atoms with E-state index in [9.17, 15) is 4.79 Å². The number of nitrogens with zero attached hydrogens (tertiary/aromatic N) is 4. The van der Waals surface area contributed by atoms with E-state index in [0.717, 1.165) is 24.4 Å². The fraction of sp³-hybridized carbons (Fsp3) is 0.467. The first-order valence-corrected chi connectivity index (χ1v) is 8.61. The molecule has 1 atom stereocenters. The van der Waals surface area contributed by atoms with Crippen LogP contribution < -0.4 is 0 Å². The molecule has 0 spiro atoms. The van der Waals surface area contributed by atoms with Gasteiger partial charge < -0.3 is 4.57 Å². The summed E-state index contributed by atoms with van der Waals surface area (Å²) in [6, 6.07) is 0. The molecular formula is C15H18N4OS2. The Balaban J connectivity index is 1.71. The van der Waals surface area contributed by atoms with Crippen LogP contribution in [0.2, 0.25) is 0 Å². The first kappa shape index (κ1) is 15.4. The summed E-state index contributed by atoms with van der Waals surface area (Å²) in [7, 11) is 0. The summed E-state index contributed by atoms with van der Waals surface area (Å²) >= 11 is 6.92. The third kappa shape index (κ3) is 2.75. The highest BCUT2D eigenvalue weighted by atomic mass is 32.2. The molecule has 1 amide bonds. The van der Waals surface area contributed by atoms with Gasteiger partial charge in [-0.1, -0.05) is 18.7 Å². The summed E-state index contributed by atoms with van der Waals surface area (Å²) in [6.45, 7) is 5.57. The molecule has 3 rings (SSSR count). The van der Waals surface area contributed by atoms with Crippen molar-refractivity contribution in [1.82, 2.24) is 14.5 Å². The zero-order valence-electron chi connectivity index (χ0n) is 12.7. The van der Waals surface area contributed by atoms with Crippen LogP contribution in [-0.4, -0.2) is 37.1 Å². The minimum Gasteiger partial charge on any atom is -0.337 e. The molecule has 2 aliphatic heterocycles. The fourth-order valence-electron chi connectivity index (χ4n) is 2.87. The summed E-state index contributed by atoms with van der Waals surface area (Å²) in [5.74, 6) is -0.114. The summed E-state index contributed by atoms with van der Waals surface area (Å²) in [5, 5.41) is 1.26. The SMILES string of the molecule is CCC1=C(C)SC2=NC(=S)N(CCCn3ccnc3)C(=O)C21. The lowest BCUT2D eigenvalue weighted by atomic mass is 9.95. The molecule has 0 aliphatic carbocycles. The minimum absolute atomic E-state index is 0.0850. The fourth-order valence-corrected chi connectivity index (χ4v) is 4.41. The van der Waals surface area contributed by atoms with Crippen LogP contribution in [0.5, 0.6) is 0 Å². The predicted octanol–water partition coefficient (Wildman–Crippen LogP) is 2.85. The van der Waals surface area contributed by atoms with Gasteiger partial charge in [0.15, 0.2) is 0 Å². The number of amides is 1. The molecular weight excluding hydrogens is 316 g/mol. The van der Waals surface area contributed by atoms with Gasteiger partial charge in [-0.25, -0.2) is 9.98 Å². The smallest absolute Gasteiger partial charge is 0.242 e. The number of aryl methyl sites for hydroxylation is 1. The molecule has 0 fully saturated rings. The van der Waals surface area contributed by atoms with Crippen LogP contribution in [0.4, 0.5) is 0 Å². The molecule has 0 aromatic carbocycles. The summed E-state index contributed by atoms with van der Waals surface area (Å²) in [5.41, 5.74) is 1.19. The number of allylic oxidation sites excluding steroid dienone is 1. The molecule has 5 nitrogen and oxygen atoms in total. The van der Waals surface area contributed by atoms with Gasteiger partial charge >= 0.3 is 0 Å². The molecule has 0 N–H and O–H groups in total. The molecule has 7 heteroatoms. The Morgan fingerprint density at radius 2 is 2.23 bits per heavy atom. The van der Waals surface area contributed by atoms with E-state index in [1.807, 2.05) is 10.8 Å². The third-order valence-electron chi connectivity index (χ3n) is 3.99. The second-order valence-corrected chi connectivity index (χ2v) is 6.95. The number of thioether (sulfide) groups is 1. The highest BCUT2D eigenvalue weighted by Crippen LogP contribution is 2.42. The molecule has 3 heterocycles. The van der Waals surface area contributed by atoms with Gasteiger partial charge in [0.2, 0.25) is 11.0 Å². The normalized spacial score (nSPS) is 21.5. The van der Waals surface area contributed by atoms with E-state index in [-0.39, 0.29) is 11.8 Å². The summed E-state index contributed by atoms with van der Waals surface area (Å²) in [4.78, 5) is 24.2. The number of imidazole rings is 1. The lowest BCUT2D eigenvalue weighted by molar-refractivity contribution is -0.128. The molecule has 22 heavy (non-hydrogen) atoms. The average molecular weight is 334 g/mol. The van der Waals surface area contributed by atoms with E-state index in [1.165, 1.54) is 10.5 Å². The van der Waals surface area contributed by atoms with Crippen molar-refractivity contribution in [3.05, 3.63) is 29.2 Å². The highest BCUT2D eigenvalue weighted by Gasteiger charge is 2.41. The van der Waals surface area contributed by atoms with Crippen molar-refractivity contribution in [2.75, 3.05) is 6.54 Å². The van der Waals surface area contributed by atoms with E-state index >= 15 is 0 Å². The van der Waals surface area contributed by atoms with Crippen molar-refractivity contribution >= 4 is 40.0 Å². The molecule has 116 valence electrons. The number of thiocarbonyl (C=S) groups is 1. The van der Waals surface area contributed by atoms with E-state index in [4.69, 9.17) is 12.2 Å². The molecule has 1 aromatic rings. The second kappa shape index (κ2) is 6.34. The first-order valence-electron chi connectivity index (χ1n) is 7.39. The Hall–Kier alpha value is -1.47. The molecule has 1 unspecified atom stereocenters. The van der Waals surface area contributed by atoms with Crippen LogP contribution in [0.25, 0.3) is 0 Å². The zero-order valence-corrected chi connectivity index (χ0v) is 14.3.